The Balaban J connectivity index is 2.01. The van der Waals surface area contributed by atoms with Crippen LogP contribution in [0.4, 0.5) is 0 Å². The van der Waals surface area contributed by atoms with E-state index in [1.54, 1.807) is 18.5 Å². The molecule has 19 heavy (non-hydrogen) atoms. The lowest BCUT2D eigenvalue weighted by atomic mass is 10.1. The molecule has 0 bridgehead atoms. The lowest BCUT2D eigenvalue weighted by Gasteiger charge is -1.93. The van der Waals surface area contributed by atoms with Crippen molar-refractivity contribution >= 4 is 29.3 Å². The number of aldehydes is 1. The van der Waals surface area contributed by atoms with Crippen LogP contribution in [0.1, 0.15) is 21.6 Å². The number of pyridine rings is 1. The predicted octanol–water partition coefficient (Wildman–Crippen LogP) is 2.94. The zero-order chi connectivity index (χ0) is 13.1. The summed E-state index contributed by atoms with van der Waals surface area (Å²) in [7, 11) is 0. The van der Waals surface area contributed by atoms with E-state index in [0.29, 0.717) is 5.56 Å². The summed E-state index contributed by atoms with van der Waals surface area (Å²) >= 11 is 0. The number of nitrogens with one attached hydrogen (secondary N) is 1. The van der Waals surface area contributed by atoms with E-state index < -0.39 is 0 Å². The van der Waals surface area contributed by atoms with E-state index in [1.807, 2.05) is 36.4 Å². The molecule has 0 saturated heterocycles. The highest BCUT2D eigenvalue weighted by Gasteiger charge is 2.03. The Morgan fingerprint density at radius 3 is 2.84 bits per heavy atom. The molecule has 2 heterocycles. The van der Waals surface area contributed by atoms with Gasteiger partial charge >= 0.3 is 0 Å². The lowest BCUT2D eigenvalue weighted by molar-refractivity contribution is 0.112. The number of carbonyl (C=O) groups is 1. The minimum absolute atomic E-state index is 0.643. The number of nitrogens with zero attached hydrogens (tertiary/aromatic N) is 2. The quantitative estimate of drug-likeness (QED) is 0.726. The molecule has 0 aliphatic carbocycles. The molecule has 0 atom stereocenters. The molecule has 92 valence electrons. The molecule has 4 nitrogen and oxygen atoms in total. The number of fused-ring (bicyclic) bond motifs is 1. The second kappa shape index (κ2) is 4.86. The maximum atomic E-state index is 10.8. The first-order valence-electron chi connectivity index (χ1n) is 5.88. The number of benzene rings is 1. The standard InChI is InChI=1S/C15H11N3O/c19-10-12-4-6-15-13(8-12)14(17-18-15)5-3-11-2-1-7-16-9-11/h1-10H,(H,17,18)/b5-3+. The number of hydrogen-bond donors (Lipinski definition) is 1. The zero-order valence-electron chi connectivity index (χ0n) is 10.1. The third kappa shape index (κ3) is 2.28. The second-order valence-electron chi connectivity index (χ2n) is 4.15. The lowest BCUT2D eigenvalue weighted by Crippen LogP contribution is -1.79. The summed E-state index contributed by atoms with van der Waals surface area (Å²) in [4.78, 5) is 14.9. The van der Waals surface area contributed by atoms with Gasteiger partial charge in [0.15, 0.2) is 0 Å². The van der Waals surface area contributed by atoms with Gasteiger partial charge in [0, 0.05) is 23.3 Å². The fourth-order valence-corrected chi connectivity index (χ4v) is 1.90. The van der Waals surface area contributed by atoms with Crippen molar-refractivity contribution in [3.05, 3.63) is 59.5 Å². The SMILES string of the molecule is O=Cc1ccc2[nH]nc(/C=C/c3cccnc3)c2c1. The number of aromatic amines is 1. The highest BCUT2D eigenvalue weighted by Crippen LogP contribution is 2.19. The molecule has 0 saturated carbocycles. The smallest absolute Gasteiger partial charge is 0.150 e. The molecule has 1 aromatic carbocycles. The Morgan fingerprint density at radius 2 is 2.05 bits per heavy atom. The van der Waals surface area contributed by atoms with Crippen LogP contribution < -0.4 is 0 Å². The van der Waals surface area contributed by atoms with Crippen LogP contribution in [-0.4, -0.2) is 21.5 Å². The fraction of sp³-hybridized carbons (Fsp3) is 0. The summed E-state index contributed by atoms with van der Waals surface area (Å²) in [5.74, 6) is 0. The molecule has 0 fully saturated rings. The van der Waals surface area contributed by atoms with Crippen molar-refractivity contribution in [3.8, 4) is 0 Å². The zero-order valence-corrected chi connectivity index (χ0v) is 10.1. The van der Waals surface area contributed by atoms with Gasteiger partial charge in [-0.15, -0.1) is 0 Å². The number of rotatable bonds is 3. The minimum Gasteiger partial charge on any atom is -0.298 e. The highest BCUT2D eigenvalue weighted by atomic mass is 16.1. The first kappa shape index (κ1) is 11.3. The van der Waals surface area contributed by atoms with Crippen LogP contribution in [0.25, 0.3) is 23.1 Å². The average Bonchev–Trinajstić information content (AvgIpc) is 2.88. The molecule has 3 rings (SSSR count). The van der Waals surface area contributed by atoms with E-state index >= 15 is 0 Å². The summed E-state index contributed by atoms with van der Waals surface area (Å²) in [5, 5.41) is 8.12. The van der Waals surface area contributed by atoms with E-state index in [1.165, 1.54) is 0 Å². The first-order chi connectivity index (χ1) is 9.36. The van der Waals surface area contributed by atoms with Gasteiger partial charge in [0.1, 0.15) is 6.29 Å². The molecule has 1 N–H and O–H groups in total. The number of carbonyl (C=O) groups excluding carboxylic acids is 1. The molecular weight excluding hydrogens is 238 g/mol. The van der Waals surface area contributed by atoms with Gasteiger partial charge in [-0.05, 0) is 35.9 Å². The third-order valence-electron chi connectivity index (χ3n) is 2.87. The van der Waals surface area contributed by atoms with Crippen molar-refractivity contribution in [1.29, 1.82) is 0 Å². The number of hydrogen-bond acceptors (Lipinski definition) is 3. The summed E-state index contributed by atoms with van der Waals surface area (Å²) in [6.07, 6.45) is 8.20. The van der Waals surface area contributed by atoms with Crippen LogP contribution >= 0.6 is 0 Å². The monoisotopic (exact) mass is 249 g/mol. The van der Waals surface area contributed by atoms with Crippen molar-refractivity contribution in [1.82, 2.24) is 15.2 Å². The van der Waals surface area contributed by atoms with Gasteiger partial charge in [-0.25, -0.2) is 0 Å². The Bertz CT molecular complexity index is 744. The van der Waals surface area contributed by atoms with Gasteiger partial charge in [-0.1, -0.05) is 12.1 Å². The van der Waals surface area contributed by atoms with Crippen molar-refractivity contribution in [2.24, 2.45) is 0 Å². The largest absolute Gasteiger partial charge is 0.298 e. The van der Waals surface area contributed by atoms with Gasteiger partial charge in [0.2, 0.25) is 0 Å². The first-order valence-corrected chi connectivity index (χ1v) is 5.88. The van der Waals surface area contributed by atoms with Crippen LogP contribution in [0.3, 0.4) is 0 Å². The van der Waals surface area contributed by atoms with Gasteiger partial charge < -0.3 is 0 Å². The van der Waals surface area contributed by atoms with Crippen molar-refractivity contribution < 1.29 is 4.79 Å². The van der Waals surface area contributed by atoms with Crippen LogP contribution in [0.2, 0.25) is 0 Å². The van der Waals surface area contributed by atoms with Crippen LogP contribution in [0.5, 0.6) is 0 Å². The van der Waals surface area contributed by atoms with E-state index in [9.17, 15) is 4.79 Å². The number of H-pyrrole nitrogens is 1. The Hall–Kier alpha value is -2.75. The molecule has 0 aliphatic rings. The van der Waals surface area contributed by atoms with Crippen LogP contribution in [-0.2, 0) is 0 Å². The topological polar surface area (TPSA) is 58.6 Å². The predicted molar refractivity (Wildman–Crippen MR) is 74.6 cm³/mol. The molecule has 0 amide bonds. The third-order valence-corrected chi connectivity index (χ3v) is 2.87. The summed E-state index contributed by atoms with van der Waals surface area (Å²) in [6, 6.07) is 9.30. The Labute approximate surface area is 109 Å². The molecule has 3 aromatic rings. The summed E-state index contributed by atoms with van der Waals surface area (Å²) in [5.41, 5.74) is 3.37. The Morgan fingerprint density at radius 1 is 1.11 bits per heavy atom. The minimum atomic E-state index is 0.643. The summed E-state index contributed by atoms with van der Waals surface area (Å²) < 4.78 is 0. The van der Waals surface area contributed by atoms with Gasteiger partial charge in [-0.3, -0.25) is 14.9 Å². The van der Waals surface area contributed by atoms with E-state index in [4.69, 9.17) is 0 Å². The van der Waals surface area contributed by atoms with E-state index in [-0.39, 0.29) is 0 Å². The van der Waals surface area contributed by atoms with Crippen LogP contribution in [0, 0.1) is 0 Å². The highest BCUT2D eigenvalue weighted by molar-refractivity contribution is 5.93. The molecule has 0 radical (unpaired) electrons. The van der Waals surface area contributed by atoms with Crippen LogP contribution in [0.15, 0.2) is 42.7 Å². The molecule has 2 aromatic heterocycles. The maximum absolute atomic E-state index is 10.8. The number of aromatic nitrogens is 3. The molecule has 0 unspecified atom stereocenters. The van der Waals surface area contributed by atoms with Gasteiger partial charge in [0.05, 0.1) is 11.2 Å². The average molecular weight is 249 g/mol. The maximum Gasteiger partial charge on any atom is 0.150 e. The molecular formula is C15H11N3O. The van der Waals surface area contributed by atoms with Gasteiger partial charge in [-0.2, -0.15) is 5.10 Å². The second-order valence-corrected chi connectivity index (χ2v) is 4.15. The summed E-state index contributed by atoms with van der Waals surface area (Å²) in [6.45, 7) is 0. The normalized spacial score (nSPS) is 11.2. The fourth-order valence-electron chi connectivity index (χ4n) is 1.90. The molecule has 0 aliphatic heterocycles. The van der Waals surface area contributed by atoms with Crippen molar-refractivity contribution in [3.63, 3.8) is 0 Å². The van der Waals surface area contributed by atoms with Crippen molar-refractivity contribution in [2.75, 3.05) is 0 Å². The Kier molecular flexibility index (Phi) is 2.90. The van der Waals surface area contributed by atoms with Gasteiger partial charge in [0.25, 0.3) is 0 Å². The van der Waals surface area contributed by atoms with E-state index in [2.05, 4.69) is 15.2 Å². The van der Waals surface area contributed by atoms with Crippen molar-refractivity contribution in [2.45, 2.75) is 0 Å². The molecule has 0 spiro atoms. The molecule has 4 heteroatoms. The van der Waals surface area contributed by atoms with E-state index in [0.717, 1.165) is 28.4 Å².